The molecule has 2 rings (SSSR count). The SMILES string of the molecule is Cc1ccc(C(Br)c2cc(Cl)cc(Br)c2)cc1C. The molecule has 0 saturated carbocycles. The third-order valence-corrected chi connectivity index (χ3v) is 4.73. The molecule has 0 N–H and O–H groups in total. The average molecular weight is 389 g/mol. The molecule has 1 unspecified atom stereocenters. The zero-order chi connectivity index (χ0) is 13.3. The molecule has 0 amide bonds. The van der Waals surface area contributed by atoms with Gasteiger partial charge >= 0.3 is 0 Å². The summed E-state index contributed by atoms with van der Waals surface area (Å²) >= 11 is 13.3. The van der Waals surface area contributed by atoms with Crippen LogP contribution in [0.5, 0.6) is 0 Å². The van der Waals surface area contributed by atoms with Gasteiger partial charge < -0.3 is 0 Å². The maximum atomic E-state index is 6.09. The van der Waals surface area contributed by atoms with Crippen molar-refractivity contribution < 1.29 is 0 Å². The lowest BCUT2D eigenvalue weighted by atomic mass is 10.0. The van der Waals surface area contributed by atoms with E-state index < -0.39 is 0 Å². The molecule has 3 heteroatoms. The molecule has 0 aliphatic rings. The highest BCUT2D eigenvalue weighted by Crippen LogP contribution is 2.34. The molecule has 0 saturated heterocycles. The topological polar surface area (TPSA) is 0 Å². The lowest BCUT2D eigenvalue weighted by Gasteiger charge is -2.13. The van der Waals surface area contributed by atoms with Gasteiger partial charge in [-0.1, -0.05) is 61.7 Å². The summed E-state index contributed by atoms with van der Waals surface area (Å²) in [5.74, 6) is 0. The van der Waals surface area contributed by atoms with E-state index in [-0.39, 0.29) is 4.83 Å². The molecule has 0 heterocycles. The zero-order valence-corrected chi connectivity index (χ0v) is 14.1. The summed E-state index contributed by atoms with van der Waals surface area (Å²) in [5.41, 5.74) is 5.01. The number of aryl methyl sites for hydroxylation is 2. The molecule has 2 aromatic carbocycles. The monoisotopic (exact) mass is 386 g/mol. The summed E-state index contributed by atoms with van der Waals surface area (Å²) < 4.78 is 0.998. The molecule has 0 radical (unpaired) electrons. The Labute approximate surface area is 130 Å². The van der Waals surface area contributed by atoms with Crippen LogP contribution in [0, 0.1) is 13.8 Å². The number of halogens is 3. The molecule has 0 spiro atoms. The van der Waals surface area contributed by atoms with Crippen molar-refractivity contribution >= 4 is 43.5 Å². The Morgan fingerprint density at radius 2 is 1.67 bits per heavy atom. The molecular weight excluding hydrogens is 375 g/mol. The van der Waals surface area contributed by atoms with E-state index in [1.54, 1.807) is 0 Å². The predicted molar refractivity (Wildman–Crippen MR) is 85.8 cm³/mol. The van der Waals surface area contributed by atoms with Crippen LogP contribution in [0.2, 0.25) is 5.02 Å². The molecule has 18 heavy (non-hydrogen) atoms. The Hall–Kier alpha value is -0.310. The molecule has 0 aliphatic carbocycles. The number of alkyl halides is 1. The Morgan fingerprint density at radius 3 is 2.28 bits per heavy atom. The maximum Gasteiger partial charge on any atom is 0.0645 e. The number of hydrogen-bond donors (Lipinski definition) is 0. The Kier molecular flexibility index (Phi) is 4.52. The van der Waals surface area contributed by atoms with E-state index in [4.69, 9.17) is 11.6 Å². The molecule has 94 valence electrons. The first kappa shape index (κ1) is 14.1. The summed E-state index contributed by atoms with van der Waals surface area (Å²) in [6.07, 6.45) is 0. The van der Waals surface area contributed by atoms with Crippen LogP contribution in [0.15, 0.2) is 40.9 Å². The summed E-state index contributed by atoms with van der Waals surface area (Å²) in [6.45, 7) is 4.25. The van der Waals surface area contributed by atoms with Crippen molar-refractivity contribution in [1.29, 1.82) is 0 Å². The highest BCUT2D eigenvalue weighted by molar-refractivity contribution is 9.10. The van der Waals surface area contributed by atoms with Gasteiger partial charge in [-0.05, 0) is 54.3 Å². The van der Waals surface area contributed by atoms with Gasteiger partial charge in [0.25, 0.3) is 0 Å². The molecule has 1 atom stereocenters. The van der Waals surface area contributed by atoms with Gasteiger partial charge in [-0.2, -0.15) is 0 Å². The molecule has 0 aliphatic heterocycles. The average Bonchev–Trinajstić information content (AvgIpc) is 2.30. The van der Waals surface area contributed by atoms with E-state index in [9.17, 15) is 0 Å². The quantitative estimate of drug-likeness (QED) is 0.537. The van der Waals surface area contributed by atoms with Crippen molar-refractivity contribution in [2.45, 2.75) is 18.7 Å². The van der Waals surface area contributed by atoms with Crippen LogP contribution < -0.4 is 0 Å². The number of benzene rings is 2. The standard InChI is InChI=1S/C15H13Br2Cl/c1-9-3-4-11(5-10(9)2)15(17)12-6-13(16)8-14(18)7-12/h3-8,15H,1-2H3. The third kappa shape index (κ3) is 3.17. The second kappa shape index (κ2) is 5.77. The number of rotatable bonds is 2. The normalized spacial score (nSPS) is 12.5. The smallest absolute Gasteiger partial charge is 0.0645 e. The summed E-state index contributed by atoms with van der Waals surface area (Å²) in [5, 5.41) is 0.743. The van der Waals surface area contributed by atoms with Crippen LogP contribution in [0.25, 0.3) is 0 Å². The van der Waals surface area contributed by atoms with Gasteiger partial charge in [-0.15, -0.1) is 0 Å². The van der Waals surface area contributed by atoms with E-state index >= 15 is 0 Å². The predicted octanol–water partition coefficient (Wildman–Crippen LogP) is 6.20. The van der Waals surface area contributed by atoms with Crippen molar-refractivity contribution in [2.24, 2.45) is 0 Å². The molecule has 0 nitrogen and oxygen atoms in total. The van der Waals surface area contributed by atoms with E-state index in [0.717, 1.165) is 15.1 Å². The first-order chi connectivity index (χ1) is 8.47. The Bertz CT molecular complexity index is 558. The van der Waals surface area contributed by atoms with E-state index in [2.05, 4.69) is 70.0 Å². The summed E-state index contributed by atoms with van der Waals surface area (Å²) in [6, 6.07) is 12.5. The highest BCUT2D eigenvalue weighted by atomic mass is 79.9. The van der Waals surface area contributed by atoms with Crippen molar-refractivity contribution in [3.05, 3.63) is 68.1 Å². The third-order valence-electron chi connectivity index (χ3n) is 3.00. The van der Waals surface area contributed by atoms with Crippen LogP contribution in [-0.2, 0) is 0 Å². The summed E-state index contributed by atoms with van der Waals surface area (Å²) in [7, 11) is 0. The van der Waals surface area contributed by atoms with Gasteiger partial charge in [0.15, 0.2) is 0 Å². The van der Waals surface area contributed by atoms with Crippen LogP contribution in [0.1, 0.15) is 27.1 Å². The van der Waals surface area contributed by atoms with Crippen molar-refractivity contribution in [3.63, 3.8) is 0 Å². The Morgan fingerprint density at radius 1 is 0.944 bits per heavy atom. The zero-order valence-electron chi connectivity index (χ0n) is 10.2. The largest absolute Gasteiger partial charge is 0.0843 e. The molecular formula is C15H13Br2Cl. The number of hydrogen-bond acceptors (Lipinski definition) is 0. The fourth-order valence-corrected chi connectivity index (χ4v) is 3.27. The van der Waals surface area contributed by atoms with Crippen molar-refractivity contribution in [1.82, 2.24) is 0 Å². The first-order valence-corrected chi connectivity index (χ1v) is 7.73. The minimum Gasteiger partial charge on any atom is -0.0843 e. The van der Waals surface area contributed by atoms with Gasteiger partial charge in [-0.25, -0.2) is 0 Å². The summed E-state index contributed by atoms with van der Waals surface area (Å²) in [4.78, 5) is 0.159. The maximum absolute atomic E-state index is 6.09. The second-order valence-electron chi connectivity index (χ2n) is 4.41. The van der Waals surface area contributed by atoms with Crippen LogP contribution in [0.3, 0.4) is 0 Å². The molecule has 0 bridgehead atoms. The highest BCUT2D eigenvalue weighted by Gasteiger charge is 2.12. The minimum absolute atomic E-state index is 0.159. The van der Waals surface area contributed by atoms with Gasteiger partial charge in [0.2, 0.25) is 0 Å². The van der Waals surface area contributed by atoms with E-state index in [1.165, 1.54) is 16.7 Å². The van der Waals surface area contributed by atoms with E-state index in [1.807, 2.05) is 12.1 Å². The molecule has 0 aromatic heterocycles. The van der Waals surface area contributed by atoms with Gasteiger partial charge in [0, 0.05) is 9.50 Å². The van der Waals surface area contributed by atoms with Gasteiger partial charge in [0.1, 0.15) is 0 Å². The Balaban J connectivity index is 2.40. The fraction of sp³-hybridized carbons (Fsp3) is 0.200. The van der Waals surface area contributed by atoms with Gasteiger partial charge in [0.05, 0.1) is 4.83 Å². The van der Waals surface area contributed by atoms with Gasteiger partial charge in [-0.3, -0.25) is 0 Å². The second-order valence-corrected chi connectivity index (χ2v) is 6.68. The fourth-order valence-electron chi connectivity index (χ4n) is 1.84. The van der Waals surface area contributed by atoms with Crippen LogP contribution in [0.4, 0.5) is 0 Å². The van der Waals surface area contributed by atoms with Crippen molar-refractivity contribution in [3.8, 4) is 0 Å². The molecule has 0 fully saturated rings. The molecule has 2 aromatic rings. The van der Waals surface area contributed by atoms with E-state index in [0.29, 0.717) is 0 Å². The lowest BCUT2D eigenvalue weighted by Crippen LogP contribution is -1.94. The lowest BCUT2D eigenvalue weighted by molar-refractivity contribution is 1.15. The van der Waals surface area contributed by atoms with Crippen molar-refractivity contribution in [2.75, 3.05) is 0 Å². The minimum atomic E-state index is 0.159. The first-order valence-electron chi connectivity index (χ1n) is 5.64. The van der Waals surface area contributed by atoms with Crippen LogP contribution >= 0.6 is 43.5 Å². The van der Waals surface area contributed by atoms with Crippen LogP contribution in [-0.4, -0.2) is 0 Å².